The molecule has 0 bridgehead atoms. The van der Waals surface area contributed by atoms with E-state index in [1.165, 1.54) is 105 Å². The first kappa shape index (κ1) is 55.0. The molecular weight excluding hydrogens is 1160 g/mol. The molecule has 1 N–H and O–H groups in total. The van der Waals surface area contributed by atoms with E-state index < -0.39 is 0 Å². The summed E-state index contributed by atoms with van der Waals surface area (Å²) in [5, 5.41) is 10.5. The molecule has 8 nitrogen and oxygen atoms in total. The number of benzene rings is 14. The van der Waals surface area contributed by atoms with Crippen molar-refractivity contribution in [3.05, 3.63) is 321 Å². The number of rotatable bonds is 7. The molecule has 0 amide bonds. The Morgan fingerprint density at radius 2 is 0.568 bits per heavy atom. The largest absolute Gasteiger partial charge is 0.354 e. The van der Waals surface area contributed by atoms with E-state index in [0.29, 0.717) is 40.5 Å². The maximum absolute atomic E-state index is 14.2. The van der Waals surface area contributed by atoms with Gasteiger partial charge in [0.1, 0.15) is 5.82 Å². The van der Waals surface area contributed by atoms with E-state index in [0.717, 1.165) is 44.5 Å². The minimum absolute atomic E-state index is 0.325. The summed E-state index contributed by atoms with van der Waals surface area (Å²) in [5.74, 6) is 2.95. The fourth-order valence-corrected chi connectivity index (χ4v) is 14.2. The van der Waals surface area contributed by atoms with Crippen molar-refractivity contribution in [1.82, 2.24) is 39.5 Å². The molecule has 2 aliphatic carbocycles. The Labute approximate surface area is 545 Å². The van der Waals surface area contributed by atoms with E-state index in [2.05, 4.69) is 194 Å². The Hall–Kier alpha value is -12.9. The molecule has 14 aromatic carbocycles. The number of halogens is 1. The lowest BCUT2D eigenvalue weighted by molar-refractivity contribution is 0.630. The normalized spacial score (nSPS) is 11.6. The van der Waals surface area contributed by atoms with Crippen molar-refractivity contribution in [2.45, 2.75) is 0 Å². The molecule has 95 heavy (non-hydrogen) atoms. The molecule has 0 aliphatic heterocycles. The molecule has 0 saturated carbocycles. The number of para-hydroxylation sites is 1. The zero-order valence-corrected chi connectivity index (χ0v) is 51.0. The quantitative estimate of drug-likeness (QED) is 0.171. The molecule has 4 aromatic heterocycles. The number of fused-ring (bicyclic) bond motifs is 6. The van der Waals surface area contributed by atoms with Crippen LogP contribution in [0.1, 0.15) is 0 Å². The van der Waals surface area contributed by atoms with Crippen LogP contribution in [0.2, 0.25) is 0 Å². The molecule has 0 spiro atoms. The number of hydrogen-bond donors (Lipinski definition) is 1. The van der Waals surface area contributed by atoms with E-state index in [1.54, 1.807) is 18.2 Å². The molecule has 0 unspecified atom stereocenters. The van der Waals surface area contributed by atoms with Gasteiger partial charge in [0.15, 0.2) is 34.9 Å². The fraction of sp³-hybridized carbons (Fsp3) is 0. The van der Waals surface area contributed by atoms with Crippen LogP contribution in [-0.4, -0.2) is 39.5 Å². The molecule has 2 aliphatic rings. The number of nitrogens with zero attached hydrogens (tertiary/aromatic N) is 7. The second-order valence-corrected chi connectivity index (χ2v) is 23.8. The van der Waals surface area contributed by atoms with E-state index in [-0.39, 0.29) is 5.82 Å². The van der Waals surface area contributed by atoms with E-state index in [1.807, 2.05) is 121 Å². The summed E-state index contributed by atoms with van der Waals surface area (Å²) in [7, 11) is 0. The van der Waals surface area contributed by atoms with Gasteiger partial charge >= 0.3 is 0 Å². The number of H-pyrrole nitrogens is 1. The summed E-state index contributed by atoms with van der Waals surface area (Å²) in [5.41, 5.74) is 21.1. The Bertz CT molecular complexity index is 5910. The Morgan fingerprint density at radius 3 is 1.07 bits per heavy atom. The van der Waals surface area contributed by atoms with Crippen LogP contribution in [0.5, 0.6) is 0 Å². The van der Waals surface area contributed by atoms with Crippen molar-refractivity contribution < 1.29 is 4.39 Å². The van der Waals surface area contributed by atoms with Crippen LogP contribution in [-0.2, 0) is 0 Å². The molecule has 4 heterocycles. The van der Waals surface area contributed by atoms with Crippen molar-refractivity contribution in [3.8, 4) is 119 Å². The van der Waals surface area contributed by atoms with E-state index in [4.69, 9.17) is 15.0 Å². The van der Waals surface area contributed by atoms with Crippen molar-refractivity contribution in [2.24, 2.45) is 0 Å². The maximum atomic E-state index is 14.2. The number of aromatic nitrogens is 8. The average Bonchev–Trinajstić information content (AvgIpc) is 1.57. The van der Waals surface area contributed by atoms with Gasteiger partial charge in [-0.05, 0) is 115 Å². The fourth-order valence-electron chi connectivity index (χ4n) is 14.2. The van der Waals surface area contributed by atoms with Gasteiger partial charge in [-0.2, -0.15) is 0 Å². The second kappa shape index (κ2) is 22.8. The minimum atomic E-state index is -0.355. The minimum Gasteiger partial charge on any atom is -0.354 e. The van der Waals surface area contributed by atoms with Crippen molar-refractivity contribution in [1.29, 1.82) is 0 Å². The third-order valence-corrected chi connectivity index (χ3v) is 18.3. The predicted molar refractivity (Wildman–Crippen MR) is 386 cm³/mol. The highest BCUT2D eigenvalue weighted by molar-refractivity contribution is 6.31. The SMILES string of the molecule is Fc1ccccc1-c1nc(-c2ccccc2)nc(-c2ccccc2)n1.c1ccc(-c2nc(-c3ccccc3)nc(-c3ccccc3-n3c4cccc5c4c4c6c(cccc6ccc43)-c3ccccc3-5)n2)cc1.c1ccc2c(c1)-c1cccc3ccc4[nH]c5cccc-2c5c4c13. The first-order chi connectivity index (χ1) is 47.1. The second-order valence-electron chi connectivity index (χ2n) is 23.8. The van der Waals surface area contributed by atoms with Crippen LogP contribution in [0.4, 0.5) is 4.39 Å². The highest BCUT2D eigenvalue weighted by Gasteiger charge is 2.27. The lowest BCUT2D eigenvalue weighted by atomic mass is 9.93. The summed E-state index contributed by atoms with van der Waals surface area (Å²) in [6.45, 7) is 0. The van der Waals surface area contributed by atoms with Gasteiger partial charge in [-0.15, -0.1) is 0 Å². The molecule has 0 atom stereocenters. The van der Waals surface area contributed by atoms with Gasteiger partial charge in [0, 0.05) is 60.4 Å². The highest BCUT2D eigenvalue weighted by Crippen LogP contribution is 2.51. The smallest absolute Gasteiger partial charge is 0.167 e. The lowest BCUT2D eigenvalue weighted by Crippen LogP contribution is -2.03. The Balaban J connectivity index is 0.000000115. The molecule has 444 valence electrons. The summed E-state index contributed by atoms with van der Waals surface area (Å²) in [4.78, 5) is 32.4. The van der Waals surface area contributed by atoms with Gasteiger partial charge in [0.05, 0.1) is 22.3 Å². The zero-order valence-electron chi connectivity index (χ0n) is 51.0. The summed E-state index contributed by atoms with van der Waals surface area (Å²) in [6, 6.07) is 108. The maximum Gasteiger partial charge on any atom is 0.167 e. The van der Waals surface area contributed by atoms with E-state index >= 15 is 0 Å². The van der Waals surface area contributed by atoms with Gasteiger partial charge < -0.3 is 9.55 Å². The van der Waals surface area contributed by atoms with Crippen LogP contribution >= 0.6 is 0 Å². The van der Waals surface area contributed by atoms with Crippen LogP contribution in [0.15, 0.2) is 315 Å². The third kappa shape index (κ3) is 9.35. The first-order valence-corrected chi connectivity index (χ1v) is 31.8. The summed E-state index contributed by atoms with van der Waals surface area (Å²) < 4.78 is 16.6. The van der Waals surface area contributed by atoms with Gasteiger partial charge in [-0.1, -0.05) is 267 Å². The number of aromatic amines is 1. The highest BCUT2D eigenvalue weighted by atomic mass is 19.1. The number of hydrogen-bond acceptors (Lipinski definition) is 6. The van der Waals surface area contributed by atoms with Crippen LogP contribution < -0.4 is 0 Å². The summed E-state index contributed by atoms with van der Waals surface area (Å²) >= 11 is 0. The molecule has 0 radical (unpaired) electrons. The van der Waals surface area contributed by atoms with Gasteiger partial charge in [0.25, 0.3) is 0 Å². The topological polar surface area (TPSA) is 98.1 Å². The van der Waals surface area contributed by atoms with Gasteiger partial charge in [-0.25, -0.2) is 34.3 Å². The lowest BCUT2D eigenvalue weighted by Gasteiger charge is -2.16. The molecule has 0 fully saturated rings. The monoisotopic (exact) mass is 1220 g/mol. The Morgan fingerprint density at radius 1 is 0.221 bits per heavy atom. The molecule has 20 rings (SSSR count). The molecular formula is C86H53FN8. The zero-order chi connectivity index (χ0) is 62.9. The Kier molecular flexibility index (Phi) is 13.2. The number of nitrogens with one attached hydrogen (secondary N) is 1. The molecule has 18 aromatic rings. The molecule has 9 heteroatoms. The third-order valence-electron chi connectivity index (χ3n) is 18.3. The van der Waals surface area contributed by atoms with Crippen molar-refractivity contribution >= 4 is 65.2 Å². The first-order valence-electron chi connectivity index (χ1n) is 31.8. The average molecular weight is 1220 g/mol. The van der Waals surface area contributed by atoms with Crippen molar-refractivity contribution in [3.63, 3.8) is 0 Å². The van der Waals surface area contributed by atoms with Gasteiger partial charge in [0.2, 0.25) is 0 Å². The van der Waals surface area contributed by atoms with Crippen LogP contribution in [0, 0.1) is 5.82 Å². The standard InChI is InChI=1S/C43H26N4.C22H13N.C21H14FN3/c1-3-13-28(14-4-1)41-44-42(29-15-5-2-6-16-29)46-43(45-41)34-20-9-10-23-35(34)47-36-24-12-22-33-31-19-8-7-18-30(31)32-21-11-17-27-25-26-37(47)40(38(27)32)39(33)36;1-2-7-15-14(6-1)16-8-3-5-13-11-12-19-22(20(13)16)21-17(15)9-4-10-18(21)23-19;22-18-14-8-7-13-17(18)21-24-19(15-9-3-1-4-10-15)23-20(25-21)16-11-5-2-6-12-16/h1-26H;1-12,23H;1-14H. The van der Waals surface area contributed by atoms with Crippen molar-refractivity contribution in [2.75, 3.05) is 0 Å². The van der Waals surface area contributed by atoms with Crippen LogP contribution in [0.25, 0.3) is 184 Å². The predicted octanol–water partition coefficient (Wildman–Crippen LogP) is 21.9. The van der Waals surface area contributed by atoms with Crippen LogP contribution in [0.3, 0.4) is 0 Å². The van der Waals surface area contributed by atoms with Gasteiger partial charge in [-0.3, -0.25) is 0 Å². The summed E-state index contributed by atoms with van der Waals surface area (Å²) in [6.07, 6.45) is 0. The van der Waals surface area contributed by atoms with E-state index in [9.17, 15) is 4.39 Å². The molecule has 0 saturated heterocycles.